The fourth-order valence-electron chi connectivity index (χ4n) is 2.24. The average Bonchev–Trinajstić information content (AvgIpc) is 3.09. The number of nitrogens with one attached hydrogen (secondary N) is 1. The van der Waals surface area contributed by atoms with Gasteiger partial charge in [0.2, 0.25) is 0 Å². The lowest BCUT2D eigenvalue weighted by atomic mass is 10.1. The largest absolute Gasteiger partial charge is 0.459 e. The van der Waals surface area contributed by atoms with Gasteiger partial charge in [0, 0.05) is 16.1 Å². The molecule has 1 N–H and O–H groups in total. The number of benzene rings is 2. The Kier molecular flexibility index (Phi) is 4.64. The quantitative estimate of drug-likeness (QED) is 0.767. The summed E-state index contributed by atoms with van der Waals surface area (Å²) < 4.78 is 5.73. The molecule has 24 heavy (non-hydrogen) atoms. The van der Waals surface area contributed by atoms with Crippen molar-refractivity contribution in [1.29, 1.82) is 5.26 Å². The first-order valence-corrected chi connectivity index (χ1v) is 7.66. The van der Waals surface area contributed by atoms with Gasteiger partial charge in [-0.25, -0.2) is 0 Å². The Morgan fingerprint density at radius 3 is 2.67 bits per heavy atom. The van der Waals surface area contributed by atoms with Gasteiger partial charge in [0.25, 0.3) is 5.91 Å². The smallest absolute Gasteiger partial charge is 0.251 e. The molecule has 0 radical (unpaired) electrons. The third-order valence-corrected chi connectivity index (χ3v) is 3.72. The Bertz CT molecular complexity index is 908. The highest BCUT2D eigenvalue weighted by molar-refractivity contribution is 6.30. The zero-order valence-corrected chi connectivity index (χ0v) is 13.4. The molecule has 0 saturated heterocycles. The van der Waals surface area contributed by atoms with Crippen molar-refractivity contribution in [2.24, 2.45) is 0 Å². The fraction of sp³-hybridized carbons (Fsp3) is 0.0526. The molecule has 0 aliphatic heterocycles. The number of carbonyl (C=O) groups excluding carboxylic acids is 1. The molecule has 3 rings (SSSR count). The summed E-state index contributed by atoms with van der Waals surface area (Å²) in [7, 11) is 0. The van der Waals surface area contributed by atoms with Crippen LogP contribution in [0.1, 0.15) is 21.7 Å². The summed E-state index contributed by atoms with van der Waals surface area (Å²) in [5.41, 5.74) is 1.81. The van der Waals surface area contributed by atoms with Crippen LogP contribution < -0.4 is 5.32 Å². The molecule has 0 saturated carbocycles. The summed E-state index contributed by atoms with van der Waals surface area (Å²) in [6.07, 6.45) is 0. The van der Waals surface area contributed by atoms with E-state index in [4.69, 9.17) is 21.3 Å². The number of carbonyl (C=O) groups is 1. The average molecular weight is 337 g/mol. The van der Waals surface area contributed by atoms with Crippen LogP contribution in [-0.2, 0) is 6.54 Å². The SMILES string of the molecule is N#Cc1cccc(C(=O)NCc2ccc(-c3ccc(Cl)cc3)o2)c1. The zero-order valence-electron chi connectivity index (χ0n) is 12.6. The maximum Gasteiger partial charge on any atom is 0.251 e. The maximum atomic E-state index is 12.1. The highest BCUT2D eigenvalue weighted by Gasteiger charge is 2.09. The lowest BCUT2D eigenvalue weighted by molar-refractivity contribution is 0.0948. The van der Waals surface area contributed by atoms with Gasteiger partial charge >= 0.3 is 0 Å². The summed E-state index contributed by atoms with van der Waals surface area (Å²) in [5, 5.41) is 12.3. The van der Waals surface area contributed by atoms with Crippen LogP contribution in [0.25, 0.3) is 11.3 Å². The molecule has 0 spiro atoms. The molecular weight excluding hydrogens is 324 g/mol. The van der Waals surface area contributed by atoms with E-state index in [0.717, 1.165) is 5.56 Å². The van der Waals surface area contributed by atoms with Gasteiger partial charge in [0.15, 0.2) is 0 Å². The molecule has 4 nitrogen and oxygen atoms in total. The molecular formula is C19H13ClN2O2. The molecule has 118 valence electrons. The van der Waals surface area contributed by atoms with Crippen LogP contribution in [0.5, 0.6) is 0 Å². The van der Waals surface area contributed by atoms with E-state index in [1.807, 2.05) is 30.3 Å². The maximum absolute atomic E-state index is 12.1. The van der Waals surface area contributed by atoms with E-state index in [-0.39, 0.29) is 12.5 Å². The Hall–Kier alpha value is -3.03. The van der Waals surface area contributed by atoms with Crippen molar-refractivity contribution in [2.75, 3.05) is 0 Å². The number of nitriles is 1. The van der Waals surface area contributed by atoms with E-state index in [1.54, 1.807) is 36.4 Å². The first kappa shape index (κ1) is 15.9. The Morgan fingerprint density at radius 1 is 1.12 bits per heavy atom. The van der Waals surface area contributed by atoms with E-state index in [1.165, 1.54) is 0 Å². The second-order valence-corrected chi connectivity index (χ2v) is 5.58. The molecule has 3 aromatic rings. The number of furan rings is 1. The number of hydrogen-bond donors (Lipinski definition) is 1. The molecule has 1 aromatic heterocycles. The highest BCUT2D eigenvalue weighted by atomic mass is 35.5. The van der Waals surface area contributed by atoms with Gasteiger partial charge in [-0.3, -0.25) is 4.79 Å². The first-order valence-electron chi connectivity index (χ1n) is 7.29. The third-order valence-electron chi connectivity index (χ3n) is 3.47. The van der Waals surface area contributed by atoms with Gasteiger partial charge in [0.1, 0.15) is 11.5 Å². The minimum atomic E-state index is -0.253. The molecule has 0 bridgehead atoms. The van der Waals surface area contributed by atoms with Crippen molar-refractivity contribution in [1.82, 2.24) is 5.32 Å². The molecule has 0 atom stereocenters. The van der Waals surface area contributed by atoms with Gasteiger partial charge in [-0.2, -0.15) is 5.26 Å². The van der Waals surface area contributed by atoms with Crippen molar-refractivity contribution >= 4 is 17.5 Å². The third kappa shape index (κ3) is 3.65. The predicted molar refractivity (Wildman–Crippen MR) is 91.5 cm³/mol. The molecule has 0 unspecified atom stereocenters. The van der Waals surface area contributed by atoms with Gasteiger partial charge in [-0.05, 0) is 54.6 Å². The van der Waals surface area contributed by atoms with E-state index in [9.17, 15) is 4.79 Å². The monoisotopic (exact) mass is 336 g/mol. The molecule has 0 aliphatic carbocycles. The highest BCUT2D eigenvalue weighted by Crippen LogP contribution is 2.23. The van der Waals surface area contributed by atoms with Crippen LogP contribution in [0.2, 0.25) is 5.02 Å². The normalized spacial score (nSPS) is 10.2. The second kappa shape index (κ2) is 7.03. The van der Waals surface area contributed by atoms with E-state index < -0.39 is 0 Å². The van der Waals surface area contributed by atoms with Gasteiger partial charge < -0.3 is 9.73 Å². The van der Waals surface area contributed by atoms with Crippen molar-refractivity contribution in [2.45, 2.75) is 6.54 Å². The van der Waals surface area contributed by atoms with Crippen LogP contribution in [0.3, 0.4) is 0 Å². The minimum absolute atomic E-state index is 0.253. The molecule has 5 heteroatoms. The Labute approximate surface area is 144 Å². The summed E-state index contributed by atoms with van der Waals surface area (Å²) in [6, 6.07) is 19.6. The van der Waals surface area contributed by atoms with Crippen molar-refractivity contribution in [3.05, 3.63) is 82.6 Å². The topological polar surface area (TPSA) is 66.0 Å². The fourth-order valence-corrected chi connectivity index (χ4v) is 2.37. The zero-order chi connectivity index (χ0) is 16.9. The van der Waals surface area contributed by atoms with Crippen LogP contribution in [0.4, 0.5) is 0 Å². The Morgan fingerprint density at radius 2 is 1.92 bits per heavy atom. The number of hydrogen-bond acceptors (Lipinski definition) is 3. The number of rotatable bonds is 4. The van der Waals surface area contributed by atoms with Crippen molar-refractivity contribution in [3.63, 3.8) is 0 Å². The van der Waals surface area contributed by atoms with Crippen LogP contribution in [-0.4, -0.2) is 5.91 Å². The van der Waals surface area contributed by atoms with E-state index >= 15 is 0 Å². The molecule has 2 aromatic carbocycles. The Balaban J connectivity index is 1.66. The summed E-state index contributed by atoms with van der Waals surface area (Å²) >= 11 is 5.87. The summed E-state index contributed by atoms with van der Waals surface area (Å²) in [4.78, 5) is 12.1. The van der Waals surface area contributed by atoms with Gasteiger partial charge in [0.05, 0.1) is 18.2 Å². The lowest BCUT2D eigenvalue weighted by Crippen LogP contribution is -2.22. The van der Waals surface area contributed by atoms with Crippen molar-refractivity contribution < 1.29 is 9.21 Å². The van der Waals surface area contributed by atoms with Crippen LogP contribution in [0, 0.1) is 11.3 Å². The van der Waals surface area contributed by atoms with Crippen molar-refractivity contribution in [3.8, 4) is 17.4 Å². The van der Waals surface area contributed by atoms with Crippen LogP contribution in [0.15, 0.2) is 65.1 Å². The molecule has 1 heterocycles. The summed E-state index contributed by atoms with van der Waals surface area (Å²) in [6.45, 7) is 0.267. The van der Waals surface area contributed by atoms with Gasteiger partial charge in [-0.1, -0.05) is 17.7 Å². The minimum Gasteiger partial charge on any atom is -0.459 e. The molecule has 1 amide bonds. The first-order chi connectivity index (χ1) is 11.7. The second-order valence-electron chi connectivity index (χ2n) is 5.15. The van der Waals surface area contributed by atoms with E-state index in [0.29, 0.717) is 27.7 Å². The number of nitrogens with zero attached hydrogens (tertiary/aromatic N) is 1. The number of amides is 1. The predicted octanol–water partition coefficient (Wildman–Crippen LogP) is 4.40. The summed E-state index contributed by atoms with van der Waals surface area (Å²) in [5.74, 6) is 1.10. The van der Waals surface area contributed by atoms with Crippen LogP contribution >= 0.6 is 11.6 Å². The molecule has 0 fully saturated rings. The standard InChI is InChI=1S/C19H13ClN2O2/c20-16-6-4-14(5-7-16)18-9-8-17(24-18)12-22-19(23)15-3-1-2-13(10-15)11-21/h1-10H,12H2,(H,22,23). The van der Waals surface area contributed by atoms with Gasteiger partial charge in [-0.15, -0.1) is 0 Å². The van der Waals surface area contributed by atoms with E-state index in [2.05, 4.69) is 5.32 Å². The number of halogens is 1. The molecule has 0 aliphatic rings. The lowest BCUT2D eigenvalue weighted by Gasteiger charge is -2.04.